The maximum absolute atomic E-state index is 12.2. The van der Waals surface area contributed by atoms with Crippen molar-refractivity contribution in [1.82, 2.24) is 0 Å². The van der Waals surface area contributed by atoms with Gasteiger partial charge >= 0.3 is 110 Å². The Hall–Kier alpha value is 10.4. The van der Waals surface area contributed by atoms with Crippen molar-refractivity contribution in [3.8, 4) is 0 Å². The van der Waals surface area contributed by atoms with Crippen LogP contribution in [0.4, 0.5) is 35.1 Å². The number of methoxy groups -OCH3 is 1. The Labute approximate surface area is 685 Å². The second-order valence-corrected chi connectivity index (χ2v) is 35.2. The number of benzene rings is 1. The van der Waals surface area contributed by atoms with Crippen molar-refractivity contribution in [3.05, 3.63) is 33.4 Å². The van der Waals surface area contributed by atoms with E-state index in [0.717, 1.165) is 44.5 Å². The SMILES string of the molecule is CC(I)CCI.COC(CI)CI.C[I-]c1ccc(C(=O)I)cc1.FC(F)(I)C(F)(F)C(F)(F)C(F)(F)I.ICCCCCCCCI.ICCCCI.O=C(I)CCC(=O)I.O=C(I)CCCI.OC(CI)CI. The minimum atomic E-state index is -6.12. The van der Waals surface area contributed by atoms with Gasteiger partial charge < -0.3 is 9.84 Å². The molecule has 0 heterocycles. The molecule has 0 radical (unpaired) electrons. The molecule has 6 nitrogen and oxygen atoms in total. The molecule has 1 atom stereocenters. The van der Waals surface area contributed by atoms with E-state index in [-0.39, 0.29) is 87.7 Å². The first kappa shape index (κ1) is 102. The Morgan fingerprint density at radius 1 is 0.533 bits per heavy atom. The van der Waals surface area contributed by atoms with Crippen molar-refractivity contribution in [1.29, 1.82) is 0 Å². The van der Waals surface area contributed by atoms with Gasteiger partial charge in [-0.2, -0.15) is 35.1 Å². The predicted octanol–water partition coefficient (Wildman–Crippen LogP) is 19.9. The number of halogens is 26. The summed E-state index contributed by atoms with van der Waals surface area (Å²) >= 11 is 32.3. The minimum Gasteiger partial charge on any atom is -0.392 e. The Kier molecular flexibility index (Phi) is 97.3. The molecule has 1 N–H and O–H groups in total. The number of alkyl halides is 22. The summed E-state index contributed by atoms with van der Waals surface area (Å²) in [5.74, 6) is -12.2. The molecule has 0 saturated heterocycles. The van der Waals surface area contributed by atoms with E-state index in [1.54, 1.807) is 74.9 Å². The van der Waals surface area contributed by atoms with Crippen molar-refractivity contribution in [2.75, 3.05) is 56.3 Å². The predicted molar refractivity (Wildman–Crippen MR) is 443 cm³/mol. The van der Waals surface area contributed by atoms with Crippen LogP contribution in [0, 0.1) is 3.57 Å². The van der Waals surface area contributed by atoms with Crippen molar-refractivity contribution in [2.45, 2.75) is 126 Å². The minimum absolute atomic E-state index is 0.0487. The maximum Gasteiger partial charge on any atom is 0.388 e. The molecule has 0 spiro atoms. The van der Waals surface area contributed by atoms with Gasteiger partial charge in [-0.05, 0) is 128 Å². The van der Waals surface area contributed by atoms with Crippen LogP contribution in [0.1, 0.15) is 101 Å². The number of aliphatic hydroxyl groups excluding tert-OH is 1. The molecule has 1 aromatic carbocycles. The van der Waals surface area contributed by atoms with Gasteiger partial charge in [-0.1, -0.05) is 281 Å². The van der Waals surface area contributed by atoms with Gasteiger partial charge in [-0.3, -0.25) is 14.4 Å². The molecule has 0 aliphatic carbocycles. The standard InChI is InChI=1S/C8H7I2O.C8H16I2.C4F8I2.C4H4I2O2.C4H8I2O.C4H6I2O.2C4H8I2.C3H6I2O/c1-10-7-4-2-6(3-5-7)8(9)11;9-7-5-3-1-2-4-6-8-10;5-1(6,3(9,10)13)2(7,8)4(11,12)14;5-3(7)1-2-4(6)8;1-7-4(2-5)3-6;5-3-1-2-4(6)7;1-4(6)2-3-5;5-3-1-2-4-6;4-1-3(6)2-5/h2-5H,1H3;1-8H2;;1-2H2;4H,2-3H2,1H3;1-3H2;4H,2-3H2,1H3;1-4H2;3,6H,1-2H2/q-1;;;;;;;;. The molecule has 0 aliphatic heterocycles. The Morgan fingerprint density at radius 2 is 0.840 bits per heavy atom. The number of ether oxygens (including phenoxy) is 1. The van der Waals surface area contributed by atoms with Gasteiger partial charge in [-0.25, -0.2) is 0 Å². The third kappa shape index (κ3) is 78.6. The van der Waals surface area contributed by atoms with Crippen LogP contribution in [0.15, 0.2) is 24.3 Å². The van der Waals surface area contributed by atoms with Crippen LogP contribution >= 0.6 is 384 Å². The Balaban J connectivity index is -0.000000114. The van der Waals surface area contributed by atoms with Crippen molar-refractivity contribution in [2.24, 2.45) is 0 Å². The molecule has 0 amide bonds. The van der Waals surface area contributed by atoms with Crippen LogP contribution in [0.25, 0.3) is 0 Å². The topological polar surface area (TPSA) is 97.7 Å². The van der Waals surface area contributed by atoms with Gasteiger partial charge in [-0.15, -0.1) is 0 Å². The van der Waals surface area contributed by atoms with E-state index in [4.69, 9.17) is 9.84 Å². The third-order valence-corrected chi connectivity index (χ3v) is 21.6. The molecular formula is C43H63F8I18O6-. The third-order valence-electron chi connectivity index (χ3n) is 7.00. The Morgan fingerprint density at radius 3 is 0.987 bits per heavy atom. The fourth-order valence-corrected chi connectivity index (χ4v) is 15.3. The number of unbranched alkanes of at least 4 members (excludes halogenated alkanes) is 6. The molecule has 1 rings (SSSR count). The number of carbonyl (C=O) groups is 4. The molecule has 0 fully saturated rings. The van der Waals surface area contributed by atoms with E-state index in [1.165, 1.54) is 83.5 Å². The van der Waals surface area contributed by atoms with Crippen LogP contribution in [0.5, 0.6) is 0 Å². The van der Waals surface area contributed by atoms with Gasteiger partial charge in [0.15, 0.2) is 11.4 Å². The van der Waals surface area contributed by atoms with Gasteiger partial charge in [0.1, 0.15) is 0 Å². The molecule has 0 aliphatic rings. The number of hydrogen-bond donors (Lipinski definition) is 1. The summed E-state index contributed by atoms with van der Waals surface area (Å²) in [5, 5.41) is 8.65. The largest absolute Gasteiger partial charge is 0.392 e. The first-order chi connectivity index (χ1) is 34.6. The second-order valence-electron chi connectivity index (χ2n) is 13.4. The summed E-state index contributed by atoms with van der Waals surface area (Å²) in [6.07, 6.45) is 15.7. The number of rotatable bonds is 28. The van der Waals surface area contributed by atoms with E-state index in [9.17, 15) is 54.3 Å². The Bertz CT molecular complexity index is 1370. The number of carbonyl (C=O) groups excluding carboxylic acids is 4. The number of hydrogen-bond acceptors (Lipinski definition) is 6. The molecular weight excluding hydrogens is 3050 g/mol. The quantitative estimate of drug-likeness (QED) is 0.0295. The van der Waals surface area contributed by atoms with E-state index >= 15 is 0 Å². The first-order valence-electron chi connectivity index (χ1n) is 21.3. The molecule has 0 saturated carbocycles. The zero-order valence-electron chi connectivity index (χ0n) is 40.6. The average Bonchev–Trinajstić information content (AvgIpc) is 3.34. The summed E-state index contributed by atoms with van der Waals surface area (Å²) in [6, 6.07) is 7.87. The summed E-state index contributed by atoms with van der Waals surface area (Å²) in [4.78, 5) is 43.6. The van der Waals surface area contributed by atoms with Crippen LogP contribution in [0.3, 0.4) is 0 Å². The van der Waals surface area contributed by atoms with Crippen molar-refractivity contribution in [3.63, 3.8) is 0 Å². The number of aliphatic hydroxyl groups is 1. The normalized spacial score (nSPS) is 11.2. The van der Waals surface area contributed by atoms with Gasteiger partial charge in [0.25, 0.3) is 0 Å². The zero-order chi connectivity index (χ0) is 60.7. The molecule has 75 heavy (non-hydrogen) atoms. The summed E-state index contributed by atoms with van der Waals surface area (Å²) in [7, 11) is 1.75. The second kappa shape index (κ2) is 71.8. The zero-order valence-corrected chi connectivity index (χ0v) is 79.5. The molecule has 32 heteroatoms. The summed E-state index contributed by atoms with van der Waals surface area (Å²) < 4.78 is 105. The van der Waals surface area contributed by atoms with E-state index in [0.29, 0.717) is 18.9 Å². The molecule has 454 valence electrons. The van der Waals surface area contributed by atoms with Crippen LogP contribution in [-0.4, -0.2) is 112 Å². The smallest absolute Gasteiger partial charge is 0.388 e. The van der Waals surface area contributed by atoms with Crippen LogP contribution in [-0.2, 0) is 19.1 Å². The maximum atomic E-state index is 12.2. The van der Waals surface area contributed by atoms with E-state index in [2.05, 4.69) is 260 Å². The first-order valence-corrected chi connectivity index (χ1v) is 47.5. The van der Waals surface area contributed by atoms with Gasteiger partial charge in [0, 0.05) is 97.6 Å². The fraction of sp³-hybridized carbons (Fsp3) is 0.767. The van der Waals surface area contributed by atoms with E-state index in [1.807, 2.05) is 46.9 Å². The van der Waals surface area contributed by atoms with Crippen molar-refractivity contribution >= 4 is 399 Å². The average molecular weight is 3110 g/mol. The van der Waals surface area contributed by atoms with Crippen LogP contribution in [0.2, 0.25) is 0 Å². The molecule has 0 aromatic heterocycles. The fourth-order valence-electron chi connectivity index (χ4n) is 2.91. The molecule has 1 aromatic rings. The summed E-state index contributed by atoms with van der Waals surface area (Å²) in [6.45, 7) is 2.24. The molecule has 0 bridgehead atoms. The van der Waals surface area contributed by atoms with Gasteiger partial charge in [0.05, 0.1) is 12.2 Å². The van der Waals surface area contributed by atoms with E-state index < -0.39 is 19.7 Å². The molecule has 1 unspecified atom stereocenters. The van der Waals surface area contributed by atoms with Gasteiger partial charge in [0.2, 0.25) is 0 Å². The monoisotopic (exact) mass is 3110 g/mol. The van der Waals surface area contributed by atoms with Crippen LogP contribution < -0.4 is 21.2 Å². The summed E-state index contributed by atoms with van der Waals surface area (Å²) in [5.41, 5.74) is 0.798. The van der Waals surface area contributed by atoms with Crippen molar-refractivity contribution < 1.29 is 85.3 Å².